The highest BCUT2D eigenvalue weighted by Crippen LogP contribution is 2.56. The van der Waals surface area contributed by atoms with Crippen LogP contribution >= 0.6 is 0 Å². The lowest BCUT2D eigenvalue weighted by Gasteiger charge is -2.31. The van der Waals surface area contributed by atoms with Crippen molar-refractivity contribution in [1.29, 1.82) is 0 Å². The highest BCUT2D eigenvalue weighted by atomic mass is 16.6. The SMILES string of the molecule is COC1C2CC3C(OC(=O)C31)C2OC(=O)CN1CCOCC1. The van der Waals surface area contributed by atoms with Crippen LogP contribution in [-0.2, 0) is 28.5 Å². The van der Waals surface area contributed by atoms with E-state index in [0.29, 0.717) is 13.2 Å². The van der Waals surface area contributed by atoms with Gasteiger partial charge >= 0.3 is 11.9 Å². The van der Waals surface area contributed by atoms with Crippen LogP contribution in [0.2, 0.25) is 0 Å². The molecule has 0 amide bonds. The van der Waals surface area contributed by atoms with Crippen molar-refractivity contribution in [3.8, 4) is 0 Å². The molecule has 4 aliphatic rings. The molecule has 0 spiro atoms. The maximum Gasteiger partial charge on any atom is 0.320 e. The van der Waals surface area contributed by atoms with Crippen molar-refractivity contribution in [3.63, 3.8) is 0 Å². The molecule has 0 aromatic heterocycles. The van der Waals surface area contributed by atoms with E-state index < -0.39 is 0 Å². The van der Waals surface area contributed by atoms with Gasteiger partial charge in [0.25, 0.3) is 0 Å². The Balaban J connectivity index is 1.41. The topological polar surface area (TPSA) is 74.3 Å². The van der Waals surface area contributed by atoms with Crippen LogP contribution in [-0.4, -0.2) is 75.1 Å². The Morgan fingerprint density at radius 2 is 2.05 bits per heavy atom. The summed E-state index contributed by atoms with van der Waals surface area (Å²) in [4.78, 5) is 26.2. The van der Waals surface area contributed by atoms with Crippen molar-refractivity contribution < 1.29 is 28.5 Å². The zero-order valence-electron chi connectivity index (χ0n) is 12.6. The molecule has 0 radical (unpaired) electrons. The molecule has 6 unspecified atom stereocenters. The van der Waals surface area contributed by atoms with Gasteiger partial charge in [-0.15, -0.1) is 0 Å². The molecule has 2 saturated heterocycles. The fraction of sp³-hybridized carbons (Fsp3) is 0.867. The molecule has 0 aromatic carbocycles. The molecular weight excluding hydrogens is 290 g/mol. The molecular formula is C15H21NO6. The molecule has 22 heavy (non-hydrogen) atoms. The minimum absolute atomic E-state index is 0.0742. The molecule has 2 heterocycles. The highest BCUT2D eigenvalue weighted by Gasteiger charge is 2.68. The van der Waals surface area contributed by atoms with E-state index >= 15 is 0 Å². The Hall–Kier alpha value is -1.18. The third-order valence-electron chi connectivity index (χ3n) is 5.47. The predicted molar refractivity (Wildman–Crippen MR) is 72.9 cm³/mol. The molecule has 2 bridgehead atoms. The van der Waals surface area contributed by atoms with Crippen LogP contribution in [0, 0.1) is 17.8 Å². The molecule has 4 fully saturated rings. The van der Waals surface area contributed by atoms with E-state index in [1.807, 2.05) is 4.90 Å². The number of ether oxygens (including phenoxy) is 4. The van der Waals surface area contributed by atoms with Crippen molar-refractivity contribution in [2.45, 2.75) is 24.7 Å². The quantitative estimate of drug-likeness (QED) is 0.644. The molecule has 4 rings (SSSR count). The minimum Gasteiger partial charge on any atom is -0.458 e. The van der Waals surface area contributed by atoms with Crippen molar-refractivity contribution in [1.82, 2.24) is 4.90 Å². The number of hydrogen-bond acceptors (Lipinski definition) is 7. The molecule has 122 valence electrons. The normalized spacial score (nSPS) is 43.4. The summed E-state index contributed by atoms with van der Waals surface area (Å²) < 4.78 is 21.9. The fourth-order valence-electron chi connectivity index (χ4n) is 4.53. The van der Waals surface area contributed by atoms with Crippen LogP contribution in [0.4, 0.5) is 0 Å². The summed E-state index contributed by atoms with van der Waals surface area (Å²) in [6.07, 6.45) is 0.0286. The molecule has 2 aliphatic carbocycles. The summed E-state index contributed by atoms with van der Waals surface area (Å²) >= 11 is 0. The first-order valence-electron chi connectivity index (χ1n) is 7.92. The zero-order chi connectivity index (χ0) is 15.3. The number of methoxy groups -OCH3 is 1. The first kappa shape index (κ1) is 14.4. The van der Waals surface area contributed by atoms with Gasteiger partial charge in [0.05, 0.1) is 31.8 Å². The number of carbonyl (C=O) groups excluding carboxylic acids is 2. The highest BCUT2D eigenvalue weighted by molar-refractivity contribution is 5.78. The Labute approximate surface area is 128 Å². The molecule has 0 N–H and O–H groups in total. The Kier molecular flexibility index (Phi) is 3.58. The lowest BCUT2D eigenvalue weighted by molar-refractivity contribution is -0.165. The van der Waals surface area contributed by atoms with Gasteiger partial charge in [-0.1, -0.05) is 0 Å². The summed E-state index contributed by atoms with van der Waals surface area (Å²) in [6.45, 7) is 3.04. The van der Waals surface area contributed by atoms with Crippen molar-refractivity contribution in [2.24, 2.45) is 17.8 Å². The van der Waals surface area contributed by atoms with Crippen molar-refractivity contribution >= 4 is 11.9 Å². The fourth-order valence-corrected chi connectivity index (χ4v) is 4.53. The van der Waals surface area contributed by atoms with Gasteiger partial charge in [-0.2, -0.15) is 0 Å². The van der Waals surface area contributed by atoms with E-state index in [1.54, 1.807) is 7.11 Å². The van der Waals surface area contributed by atoms with Gasteiger partial charge in [0.15, 0.2) is 0 Å². The summed E-state index contributed by atoms with van der Waals surface area (Å²) in [5.41, 5.74) is 0. The number of morpholine rings is 1. The minimum atomic E-state index is -0.355. The van der Waals surface area contributed by atoms with E-state index in [2.05, 4.69) is 0 Å². The molecule has 6 atom stereocenters. The van der Waals surface area contributed by atoms with Crippen LogP contribution in [0.1, 0.15) is 6.42 Å². The zero-order valence-corrected chi connectivity index (χ0v) is 12.6. The number of nitrogens with zero attached hydrogens (tertiary/aromatic N) is 1. The lowest BCUT2D eigenvalue weighted by Crippen LogP contribution is -2.46. The molecule has 2 aliphatic heterocycles. The molecule has 0 aromatic rings. The molecule has 7 heteroatoms. The second kappa shape index (κ2) is 5.47. The van der Waals surface area contributed by atoms with Crippen LogP contribution in [0.3, 0.4) is 0 Å². The summed E-state index contributed by atoms with van der Waals surface area (Å²) in [5, 5.41) is 0. The second-order valence-corrected chi connectivity index (χ2v) is 6.53. The first-order chi connectivity index (χ1) is 10.7. The third-order valence-corrected chi connectivity index (χ3v) is 5.47. The first-order valence-corrected chi connectivity index (χ1v) is 7.92. The summed E-state index contributed by atoms with van der Waals surface area (Å²) in [5.74, 6) is -0.409. The Bertz CT molecular complexity index is 477. The van der Waals surface area contributed by atoms with Crippen molar-refractivity contribution in [3.05, 3.63) is 0 Å². The van der Waals surface area contributed by atoms with E-state index in [1.165, 1.54) is 0 Å². The molecule has 2 saturated carbocycles. The number of hydrogen-bond donors (Lipinski definition) is 0. The predicted octanol–water partition coefficient (Wildman–Crippen LogP) is -0.563. The third kappa shape index (κ3) is 2.14. The monoisotopic (exact) mass is 311 g/mol. The number of fused-ring (bicyclic) bond motifs is 1. The smallest absolute Gasteiger partial charge is 0.320 e. The van der Waals surface area contributed by atoms with E-state index in [0.717, 1.165) is 19.5 Å². The average Bonchev–Trinajstić information content (AvgIpc) is 3.11. The van der Waals surface area contributed by atoms with E-state index in [-0.39, 0.29) is 54.5 Å². The van der Waals surface area contributed by atoms with Crippen molar-refractivity contribution in [2.75, 3.05) is 40.0 Å². The Morgan fingerprint density at radius 1 is 1.27 bits per heavy atom. The second-order valence-electron chi connectivity index (χ2n) is 6.53. The summed E-state index contributed by atoms with van der Waals surface area (Å²) in [6, 6.07) is 0. The van der Waals surface area contributed by atoms with Gasteiger partial charge in [0, 0.05) is 32.0 Å². The van der Waals surface area contributed by atoms with Crippen LogP contribution in [0.15, 0.2) is 0 Å². The largest absolute Gasteiger partial charge is 0.458 e. The lowest BCUT2D eigenvalue weighted by atomic mass is 9.85. The van der Waals surface area contributed by atoms with Gasteiger partial charge in [-0.05, 0) is 6.42 Å². The van der Waals surface area contributed by atoms with E-state index in [9.17, 15) is 9.59 Å². The molecule has 7 nitrogen and oxygen atoms in total. The van der Waals surface area contributed by atoms with Crippen LogP contribution < -0.4 is 0 Å². The van der Waals surface area contributed by atoms with Gasteiger partial charge in [0.1, 0.15) is 12.2 Å². The number of rotatable bonds is 4. The number of esters is 2. The standard InChI is InChI=1S/C15H21NO6/c1-19-12-9-6-8-11(12)15(18)22-13(8)14(9)21-10(17)7-16-2-4-20-5-3-16/h8-9,11-14H,2-7H2,1H3. The van der Waals surface area contributed by atoms with Gasteiger partial charge in [0.2, 0.25) is 0 Å². The maximum atomic E-state index is 12.2. The van der Waals surface area contributed by atoms with Crippen LogP contribution in [0.25, 0.3) is 0 Å². The van der Waals surface area contributed by atoms with Gasteiger partial charge < -0.3 is 18.9 Å². The van der Waals surface area contributed by atoms with Gasteiger partial charge in [-0.25, -0.2) is 0 Å². The van der Waals surface area contributed by atoms with Gasteiger partial charge in [-0.3, -0.25) is 14.5 Å². The Morgan fingerprint density at radius 3 is 2.77 bits per heavy atom. The number of carbonyl (C=O) groups is 2. The summed E-state index contributed by atoms with van der Waals surface area (Å²) in [7, 11) is 1.61. The maximum absolute atomic E-state index is 12.2. The van der Waals surface area contributed by atoms with E-state index in [4.69, 9.17) is 18.9 Å². The average molecular weight is 311 g/mol. The van der Waals surface area contributed by atoms with Crippen LogP contribution in [0.5, 0.6) is 0 Å².